The van der Waals surface area contributed by atoms with Gasteiger partial charge in [0.2, 0.25) is 5.91 Å². The van der Waals surface area contributed by atoms with Crippen LogP contribution in [0.25, 0.3) is 0 Å². The van der Waals surface area contributed by atoms with E-state index >= 15 is 0 Å². The van der Waals surface area contributed by atoms with Gasteiger partial charge in [-0.05, 0) is 54.8 Å². The molecule has 1 N–H and O–H groups in total. The van der Waals surface area contributed by atoms with Gasteiger partial charge in [-0.3, -0.25) is 9.59 Å². The monoisotopic (exact) mass is 454 g/mol. The number of halogens is 3. The number of benzene rings is 2. The summed E-state index contributed by atoms with van der Waals surface area (Å²) in [4.78, 5) is 26.9. The Morgan fingerprint density at radius 3 is 2.33 bits per heavy atom. The molecule has 0 aromatic heterocycles. The van der Waals surface area contributed by atoms with Crippen LogP contribution in [0, 0.1) is 11.7 Å². The van der Waals surface area contributed by atoms with Gasteiger partial charge in [-0.1, -0.05) is 43.1 Å². The molecule has 2 amide bonds. The number of rotatable bonds is 9. The van der Waals surface area contributed by atoms with Gasteiger partial charge in [-0.25, -0.2) is 4.39 Å². The zero-order valence-electron chi connectivity index (χ0n) is 17.1. The number of amides is 2. The Hall–Kier alpha value is -2.31. The fourth-order valence-corrected chi connectivity index (χ4v) is 2.95. The Balaban J connectivity index is 2.15. The Kier molecular flexibility index (Phi) is 8.93. The van der Waals surface area contributed by atoms with Crippen molar-refractivity contribution < 1.29 is 18.7 Å². The van der Waals surface area contributed by atoms with Gasteiger partial charge in [0.15, 0.2) is 6.61 Å². The largest absolute Gasteiger partial charge is 0.484 e. The maximum atomic E-state index is 13.0. The van der Waals surface area contributed by atoms with Gasteiger partial charge in [-0.2, -0.15) is 0 Å². The maximum Gasteiger partial charge on any atom is 0.261 e. The van der Waals surface area contributed by atoms with Crippen LogP contribution < -0.4 is 10.1 Å². The van der Waals surface area contributed by atoms with Gasteiger partial charge < -0.3 is 15.0 Å². The minimum Gasteiger partial charge on any atom is -0.484 e. The quantitative estimate of drug-likeness (QED) is 0.597. The molecule has 0 fully saturated rings. The van der Waals surface area contributed by atoms with Crippen LogP contribution in [0.1, 0.15) is 26.3 Å². The molecule has 0 bridgehead atoms. The molecule has 0 radical (unpaired) electrons. The predicted octanol–water partition coefficient (Wildman–Crippen LogP) is 4.70. The van der Waals surface area contributed by atoms with Gasteiger partial charge in [0.25, 0.3) is 5.91 Å². The van der Waals surface area contributed by atoms with Crippen molar-refractivity contribution >= 4 is 35.0 Å². The van der Waals surface area contributed by atoms with Crippen LogP contribution >= 0.6 is 23.2 Å². The lowest BCUT2D eigenvalue weighted by molar-refractivity contribution is -0.142. The number of hydrogen-bond acceptors (Lipinski definition) is 3. The number of hydrogen-bond donors (Lipinski definition) is 1. The normalized spacial score (nSPS) is 11.8. The lowest BCUT2D eigenvalue weighted by Gasteiger charge is -2.29. The zero-order chi connectivity index (χ0) is 22.3. The van der Waals surface area contributed by atoms with Crippen molar-refractivity contribution in [2.24, 2.45) is 5.92 Å². The summed E-state index contributed by atoms with van der Waals surface area (Å²) in [6, 6.07) is 9.67. The number of carbonyl (C=O) groups is 2. The molecule has 0 heterocycles. The lowest BCUT2D eigenvalue weighted by atomic mass is 10.1. The van der Waals surface area contributed by atoms with E-state index in [-0.39, 0.29) is 25.0 Å². The van der Waals surface area contributed by atoms with Crippen molar-refractivity contribution in [1.82, 2.24) is 10.2 Å². The third-order valence-electron chi connectivity index (χ3n) is 4.36. The molecule has 5 nitrogen and oxygen atoms in total. The molecule has 0 saturated heterocycles. The molecule has 0 aliphatic carbocycles. The predicted molar refractivity (Wildman–Crippen MR) is 116 cm³/mol. The van der Waals surface area contributed by atoms with Crippen LogP contribution in [-0.2, 0) is 16.1 Å². The highest BCUT2D eigenvalue weighted by atomic mass is 35.5. The van der Waals surface area contributed by atoms with E-state index in [1.807, 2.05) is 13.8 Å². The van der Waals surface area contributed by atoms with E-state index in [0.717, 1.165) is 5.56 Å². The summed E-state index contributed by atoms with van der Waals surface area (Å²) in [6.45, 7) is 5.99. The first-order valence-electron chi connectivity index (χ1n) is 9.57. The Morgan fingerprint density at radius 1 is 1.07 bits per heavy atom. The fourth-order valence-electron chi connectivity index (χ4n) is 2.63. The van der Waals surface area contributed by atoms with Crippen LogP contribution in [0.5, 0.6) is 5.75 Å². The van der Waals surface area contributed by atoms with Gasteiger partial charge >= 0.3 is 0 Å². The van der Waals surface area contributed by atoms with Crippen LogP contribution in [0.15, 0.2) is 42.5 Å². The third-order valence-corrected chi connectivity index (χ3v) is 5.10. The summed E-state index contributed by atoms with van der Waals surface area (Å²) >= 11 is 12.1. The van der Waals surface area contributed by atoms with Crippen molar-refractivity contribution in [3.8, 4) is 5.75 Å². The molecule has 162 valence electrons. The SMILES string of the molecule is CC(C)CNC(=O)[C@H](C)N(Cc1ccc(Cl)c(Cl)c1)C(=O)COc1ccc(F)cc1. The third kappa shape index (κ3) is 7.18. The van der Waals surface area contributed by atoms with Crippen molar-refractivity contribution in [1.29, 1.82) is 0 Å². The highest BCUT2D eigenvalue weighted by molar-refractivity contribution is 6.42. The Labute approximate surface area is 186 Å². The number of nitrogens with zero attached hydrogens (tertiary/aromatic N) is 1. The average molecular weight is 455 g/mol. The molecule has 0 aliphatic rings. The van der Waals surface area contributed by atoms with Crippen molar-refractivity contribution in [2.75, 3.05) is 13.2 Å². The van der Waals surface area contributed by atoms with E-state index in [4.69, 9.17) is 27.9 Å². The molecule has 0 aliphatic heterocycles. The molecule has 2 rings (SSSR count). The van der Waals surface area contributed by atoms with Gasteiger partial charge in [0, 0.05) is 13.1 Å². The van der Waals surface area contributed by atoms with E-state index in [0.29, 0.717) is 22.3 Å². The highest BCUT2D eigenvalue weighted by Crippen LogP contribution is 2.24. The van der Waals surface area contributed by atoms with Gasteiger partial charge in [0.05, 0.1) is 10.0 Å². The second kappa shape index (κ2) is 11.2. The lowest BCUT2D eigenvalue weighted by Crippen LogP contribution is -2.49. The van der Waals surface area contributed by atoms with E-state index < -0.39 is 17.8 Å². The molecular formula is C22H25Cl2FN2O3. The van der Waals surface area contributed by atoms with Crippen LogP contribution in [0.3, 0.4) is 0 Å². The minimum absolute atomic E-state index is 0.152. The summed E-state index contributed by atoms with van der Waals surface area (Å²) < 4.78 is 18.5. The molecule has 1 atom stereocenters. The molecule has 0 saturated carbocycles. The number of ether oxygens (including phenoxy) is 1. The standard InChI is InChI=1S/C22H25Cl2FN2O3/c1-14(2)11-26-22(29)15(3)27(12-16-4-9-19(23)20(24)10-16)21(28)13-30-18-7-5-17(25)6-8-18/h4-10,14-15H,11-13H2,1-3H3,(H,26,29)/t15-/m0/s1. The molecule has 0 spiro atoms. The van der Waals surface area contributed by atoms with Crippen molar-refractivity contribution in [3.63, 3.8) is 0 Å². The number of carbonyl (C=O) groups excluding carboxylic acids is 2. The smallest absolute Gasteiger partial charge is 0.261 e. The average Bonchev–Trinajstić information content (AvgIpc) is 2.71. The Bertz CT molecular complexity index is 875. The molecular weight excluding hydrogens is 430 g/mol. The van der Waals surface area contributed by atoms with E-state index in [9.17, 15) is 14.0 Å². The maximum absolute atomic E-state index is 13.0. The van der Waals surface area contributed by atoms with Crippen LogP contribution in [0.2, 0.25) is 10.0 Å². The molecule has 30 heavy (non-hydrogen) atoms. The summed E-state index contributed by atoms with van der Waals surface area (Å²) in [6.07, 6.45) is 0. The van der Waals surface area contributed by atoms with Crippen molar-refractivity contribution in [3.05, 3.63) is 63.9 Å². The molecule has 8 heteroatoms. The first-order chi connectivity index (χ1) is 14.2. The first-order valence-corrected chi connectivity index (χ1v) is 10.3. The van der Waals surface area contributed by atoms with Crippen LogP contribution in [0.4, 0.5) is 4.39 Å². The fraction of sp³-hybridized carbons (Fsp3) is 0.364. The Morgan fingerprint density at radius 2 is 1.73 bits per heavy atom. The molecule has 2 aromatic carbocycles. The second-order valence-corrected chi connectivity index (χ2v) is 8.14. The van der Waals surface area contributed by atoms with Gasteiger partial charge in [-0.15, -0.1) is 0 Å². The summed E-state index contributed by atoms with van der Waals surface area (Å²) in [7, 11) is 0. The topological polar surface area (TPSA) is 58.6 Å². The summed E-state index contributed by atoms with van der Waals surface area (Å²) in [5, 5.41) is 3.61. The zero-order valence-corrected chi connectivity index (χ0v) is 18.6. The van der Waals surface area contributed by atoms with E-state index in [1.165, 1.54) is 29.2 Å². The highest BCUT2D eigenvalue weighted by Gasteiger charge is 2.26. The van der Waals surface area contributed by atoms with Crippen LogP contribution in [-0.4, -0.2) is 35.9 Å². The summed E-state index contributed by atoms with van der Waals surface area (Å²) in [5.41, 5.74) is 0.725. The molecule has 2 aromatic rings. The molecule has 0 unspecified atom stereocenters. The minimum atomic E-state index is -0.734. The van der Waals surface area contributed by atoms with Gasteiger partial charge in [0.1, 0.15) is 17.6 Å². The second-order valence-electron chi connectivity index (χ2n) is 7.33. The van der Waals surface area contributed by atoms with E-state index in [2.05, 4.69) is 5.32 Å². The van der Waals surface area contributed by atoms with E-state index in [1.54, 1.807) is 25.1 Å². The van der Waals surface area contributed by atoms with Crippen molar-refractivity contribution in [2.45, 2.75) is 33.4 Å². The number of nitrogens with one attached hydrogen (secondary N) is 1. The summed E-state index contributed by atoms with van der Waals surface area (Å²) in [5.74, 6) is -0.416. The first kappa shape index (κ1) is 24.0.